The molecular weight excluding hydrogens is 519 g/mol. The Labute approximate surface area is 230 Å². The van der Waals surface area contributed by atoms with E-state index in [1.54, 1.807) is 7.11 Å². The van der Waals surface area contributed by atoms with E-state index >= 15 is 0 Å². The molecule has 1 saturated heterocycles. The van der Waals surface area contributed by atoms with E-state index in [2.05, 4.69) is 5.32 Å². The van der Waals surface area contributed by atoms with Crippen molar-refractivity contribution in [2.75, 3.05) is 47.0 Å². The summed E-state index contributed by atoms with van der Waals surface area (Å²) in [7, 11) is 3.18. The fourth-order valence-corrected chi connectivity index (χ4v) is 5.14. The highest BCUT2D eigenvalue weighted by molar-refractivity contribution is 6.39. The predicted molar refractivity (Wildman–Crippen MR) is 149 cm³/mol. The molecule has 0 bridgehead atoms. The summed E-state index contributed by atoms with van der Waals surface area (Å²) in [6, 6.07) is 5.70. The highest BCUT2D eigenvalue weighted by Crippen LogP contribution is 2.38. The summed E-state index contributed by atoms with van der Waals surface area (Å²) in [6.45, 7) is 7.43. The predicted octanol–water partition coefficient (Wildman–Crippen LogP) is 4.73. The van der Waals surface area contributed by atoms with Gasteiger partial charge in [0.2, 0.25) is 0 Å². The van der Waals surface area contributed by atoms with Crippen LogP contribution in [0.4, 0.5) is 4.79 Å². The van der Waals surface area contributed by atoms with Crippen molar-refractivity contribution in [3.63, 3.8) is 0 Å². The normalized spacial score (nSPS) is 15.5. The quantitative estimate of drug-likeness (QED) is 0.365. The number of rotatable bonds is 12. The Morgan fingerprint density at radius 3 is 2.65 bits per heavy atom. The second kappa shape index (κ2) is 14.7. The van der Waals surface area contributed by atoms with Gasteiger partial charge in [0.05, 0.1) is 17.1 Å². The molecule has 1 aromatic carbocycles. The minimum atomic E-state index is -1.01. The Balaban J connectivity index is 0.00000481. The number of para-hydroxylation sites is 1. The fourth-order valence-electron chi connectivity index (χ4n) is 4.80. The average Bonchev–Trinajstić information content (AvgIpc) is 3.14. The maximum atomic E-state index is 14.1. The maximum absolute atomic E-state index is 14.1. The smallest absolute Gasteiger partial charge is 0.407 e. The number of hydrogen-bond acceptors (Lipinski definition) is 5. The van der Waals surface area contributed by atoms with Crippen molar-refractivity contribution in [3.8, 4) is 5.75 Å². The third-order valence-corrected chi connectivity index (χ3v) is 7.01. The van der Waals surface area contributed by atoms with E-state index in [1.165, 1.54) is 11.9 Å². The fraction of sp³-hybridized carbons (Fsp3) is 0.615. The van der Waals surface area contributed by atoms with Crippen molar-refractivity contribution >= 4 is 46.9 Å². The van der Waals surface area contributed by atoms with Gasteiger partial charge in [-0.05, 0) is 52.1 Å². The molecule has 37 heavy (non-hydrogen) atoms. The van der Waals surface area contributed by atoms with E-state index in [-0.39, 0.29) is 43.5 Å². The van der Waals surface area contributed by atoms with Crippen molar-refractivity contribution in [1.29, 1.82) is 0 Å². The zero-order valence-electron chi connectivity index (χ0n) is 22.2. The molecule has 2 aromatic rings. The number of hydrogen-bond donors (Lipinski definition) is 2. The van der Waals surface area contributed by atoms with Crippen molar-refractivity contribution in [2.45, 2.75) is 58.2 Å². The highest BCUT2D eigenvalue weighted by atomic mass is 35.5. The number of carbonyl (C=O) groups is 2. The van der Waals surface area contributed by atoms with E-state index in [4.69, 9.17) is 26.2 Å². The summed E-state index contributed by atoms with van der Waals surface area (Å²) in [5.74, 6) is 0.498. The molecule has 3 rings (SSSR count). The summed E-state index contributed by atoms with van der Waals surface area (Å²) >= 11 is 6.93. The van der Waals surface area contributed by atoms with Crippen LogP contribution in [0.2, 0.25) is 5.02 Å². The SMILES string of the molecule is COCCCCn1c(C(=O)N(C(C)C)[C@@H]2CCCNC2)c(Cl)c2cccc(OCCN(C)C(=O)O)c21.Cl. The molecule has 0 unspecified atom stereocenters. The number of aryl methyl sites for hydroxylation is 1. The van der Waals surface area contributed by atoms with Crippen LogP contribution in [-0.2, 0) is 11.3 Å². The Morgan fingerprint density at radius 1 is 1.27 bits per heavy atom. The standard InChI is InChI=1S/C26H39ClN4O5.ClH/c1-18(2)31(19-9-8-12-28-17-19)25(32)24-22(27)20-10-7-11-21(36-16-14-29(3)26(33)34)23(20)30(24)13-5-6-15-35-4;/h7,10-11,18-19,28H,5-6,8-9,12-17H2,1-4H3,(H,33,34);1H/t19-;/m1./s1. The van der Waals surface area contributed by atoms with Gasteiger partial charge in [0, 0.05) is 51.3 Å². The molecule has 1 aliphatic rings. The largest absolute Gasteiger partial charge is 0.490 e. The number of halogens is 2. The second-order valence-corrected chi connectivity index (χ2v) is 9.90. The monoisotopic (exact) mass is 558 g/mol. The number of carbonyl (C=O) groups excluding carboxylic acids is 1. The first-order chi connectivity index (χ1) is 17.3. The number of methoxy groups -OCH3 is 1. The second-order valence-electron chi connectivity index (χ2n) is 9.53. The molecule has 9 nitrogen and oxygen atoms in total. The third-order valence-electron chi connectivity index (χ3n) is 6.63. The minimum absolute atomic E-state index is 0. The lowest BCUT2D eigenvalue weighted by molar-refractivity contribution is 0.0562. The number of piperidine rings is 1. The highest BCUT2D eigenvalue weighted by Gasteiger charge is 2.33. The van der Waals surface area contributed by atoms with Gasteiger partial charge < -0.3 is 34.3 Å². The van der Waals surface area contributed by atoms with E-state index in [9.17, 15) is 9.59 Å². The van der Waals surface area contributed by atoms with Crippen LogP contribution in [0.15, 0.2) is 18.2 Å². The molecule has 1 aliphatic heterocycles. The van der Waals surface area contributed by atoms with Crippen LogP contribution in [0.25, 0.3) is 10.9 Å². The molecule has 208 valence electrons. The van der Waals surface area contributed by atoms with Gasteiger partial charge in [-0.25, -0.2) is 4.79 Å². The molecule has 0 aliphatic carbocycles. The summed E-state index contributed by atoms with van der Waals surface area (Å²) in [5, 5.41) is 13.7. The Morgan fingerprint density at radius 2 is 2.03 bits per heavy atom. The molecule has 2 heterocycles. The van der Waals surface area contributed by atoms with Gasteiger partial charge in [-0.15, -0.1) is 12.4 Å². The number of unbranched alkanes of at least 4 members (excludes halogenated alkanes) is 1. The summed E-state index contributed by atoms with van der Waals surface area (Å²) in [4.78, 5) is 28.4. The minimum Gasteiger partial charge on any atom is -0.490 e. The van der Waals surface area contributed by atoms with Gasteiger partial charge in [-0.3, -0.25) is 4.79 Å². The molecule has 2 N–H and O–H groups in total. The summed E-state index contributed by atoms with van der Waals surface area (Å²) < 4.78 is 13.2. The topological polar surface area (TPSA) is 96.3 Å². The van der Waals surface area contributed by atoms with Gasteiger partial charge in [0.1, 0.15) is 18.1 Å². The Kier molecular flexibility index (Phi) is 12.3. The number of fused-ring (bicyclic) bond motifs is 1. The third kappa shape index (κ3) is 7.44. The lowest BCUT2D eigenvalue weighted by Gasteiger charge is -2.38. The van der Waals surface area contributed by atoms with E-state index < -0.39 is 6.09 Å². The van der Waals surface area contributed by atoms with Crippen LogP contribution in [0.1, 0.15) is 50.0 Å². The van der Waals surface area contributed by atoms with E-state index in [0.29, 0.717) is 29.6 Å². The Hall–Kier alpha value is -2.20. The van der Waals surface area contributed by atoms with Crippen molar-refractivity contribution < 1.29 is 24.2 Å². The lowest BCUT2D eigenvalue weighted by atomic mass is 10.0. The van der Waals surface area contributed by atoms with E-state index in [0.717, 1.165) is 49.7 Å². The van der Waals surface area contributed by atoms with Gasteiger partial charge >= 0.3 is 6.09 Å². The van der Waals surface area contributed by atoms with E-state index in [1.807, 2.05) is 41.5 Å². The van der Waals surface area contributed by atoms with Crippen LogP contribution in [0.5, 0.6) is 5.75 Å². The van der Waals surface area contributed by atoms with Crippen LogP contribution in [0, 0.1) is 0 Å². The number of ether oxygens (including phenoxy) is 2. The first-order valence-corrected chi connectivity index (χ1v) is 13.1. The molecule has 2 amide bonds. The molecule has 0 radical (unpaired) electrons. The van der Waals surface area contributed by atoms with Crippen molar-refractivity contribution in [2.24, 2.45) is 0 Å². The van der Waals surface area contributed by atoms with Crippen LogP contribution in [-0.4, -0.2) is 90.6 Å². The molecule has 1 atom stereocenters. The number of likely N-dealkylation sites (N-methyl/N-ethyl adjacent to an activating group) is 1. The van der Waals surface area contributed by atoms with Crippen molar-refractivity contribution in [3.05, 3.63) is 28.9 Å². The van der Waals surface area contributed by atoms with Gasteiger partial charge in [-0.2, -0.15) is 0 Å². The van der Waals surface area contributed by atoms with Crippen LogP contribution in [0.3, 0.4) is 0 Å². The summed E-state index contributed by atoms with van der Waals surface area (Å²) in [5.41, 5.74) is 1.23. The molecule has 0 saturated carbocycles. The molecule has 0 spiro atoms. The zero-order valence-corrected chi connectivity index (χ0v) is 23.7. The molecular formula is C26H40Cl2N4O5. The molecule has 1 fully saturated rings. The Bertz CT molecular complexity index is 1040. The maximum Gasteiger partial charge on any atom is 0.407 e. The lowest BCUT2D eigenvalue weighted by Crippen LogP contribution is -2.52. The number of amides is 2. The zero-order chi connectivity index (χ0) is 26.2. The van der Waals surface area contributed by atoms with Gasteiger partial charge in [0.25, 0.3) is 5.91 Å². The number of aromatic nitrogens is 1. The summed E-state index contributed by atoms with van der Waals surface area (Å²) in [6.07, 6.45) is 2.61. The average molecular weight is 560 g/mol. The van der Waals surface area contributed by atoms with Crippen LogP contribution >= 0.6 is 24.0 Å². The number of carboxylic acid groups (broad SMARTS) is 1. The molecule has 11 heteroatoms. The van der Waals surface area contributed by atoms with Gasteiger partial charge in [-0.1, -0.05) is 23.7 Å². The number of nitrogens with zero attached hydrogens (tertiary/aromatic N) is 3. The number of benzene rings is 1. The first-order valence-electron chi connectivity index (χ1n) is 12.7. The van der Waals surface area contributed by atoms with Crippen molar-refractivity contribution in [1.82, 2.24) is 19.7 Å². The van der Waals surface area contributed by atoms with Crippen LogP contribution < -0.4 is 10.1 Å². The molecule has 1 aromatic heterocycles. The first kappa shape index (κ1) is 31.0. The number of nitrogens with one attached hydrogen (secondary N) is 1. The van der Waals surface area contributed by atoms with Gasteiger partial charge in [0.15, 0.2) is 0 Å².